The Labute approximate surface area is 347 Å². The van der Waals surface area contributed by atoms with Crippen molar-refractivity contribution < 1.29 is 47.2 Å². The van der Waals surface area contributed by atoms with E-state index in [-0.39, 0.29) is 54.2 Å². The number of aromatic amines is 1. The van der Waals surface area contributed by atoms with Crippen LogP contribution in [-0.2, 0) is 17.9 Å². The third kappa shape index (κ3) is 9.80. The van der Waals surface area contributed by atoms with Crippen LogP contribution >= 0.6 is 0 Å². The average molecular weight is 850 g/mol. The molecule has 5 aromatic rings. The zero-order chi connectivity index (χ0) is 43.4. The molecule has 2 aliphatic heterocycles. The number of likely N-dealkylation sites (tertiary alicyclic amines) is 1. The minimum Gasteiger partial charge on any atom is -0.479 e. The quantitative estimate of drug-likeness (QED) is 0.0704. The summed E-state index contributed by atoms with van der Waals surface area (Å²) in [6.45, 7) is 0.312. The van der Waals surface area contributed by atoms with Gasteiger partial charge in [-0.1, -0.05) is 24.3 Å². The number of pyridine rings is 1. The summed E-state index contributed by atoms with van der Waals surface area (Å²) in [6.07, 6.45) is 1.59. The number of ether oxygens (including phenoxy) is 3. The monoisotopic (exact) mass is 849 g/mol. The highest BCUT2D eigenvalue weighted by Crippen LogP contribution is 2.34. The molecule has 4 amide bonds. The molecule has 0 radical (unpaired) electrons. The van der Waals surface area contributed by atoms with Gasteiger partial charge in [0.2, 0.25) is 11.8 Å². The number of aromatic nitrogens is 5. The molecule has 0 saturated carbocycles. The lowest BCUT2D eigenvalue weighted by molar-refractivity contribution is -0.133. The topological polar surface area (TPSA) is 225 Å². The zero-order valence-corrected chi connectivity index (χ0v) is 33.6. The van der Waals surface area contributed by atoms with Gasteiger partial charge in [-0.15, -0.1) is 5.10 Å². The molecule has 0 aliphatic carbocycles. The molecule has 3 atom stereocenters. The Bertz CT molecular complexity index is 2400. The van der Waals surface area contributed by atoms with Crippen LogP contribution in [0.25, 0.3) is 22.7 Å². The van der Waals surface area contributed by atoms with Crippen molar-refractivity contribution in [1.29, 1.82) is 0 Å². The molecule has 324 valence electrons. The maximum absolute atomic E-state index is 13.6. The number of aliphatic hydroxyl groups is 2. The first-order valence-electron chi connectivity index (χ1n) is 19.2. The van der Waals surface area contributed by atoms with Crippen molar-refractivity contribution in [1.82, 2.24) is 51.1 Å². The van der Waals surface area contributed by atoms with Crippen molar-refractivity contribution in [3.05, 3.63) is 94.3 Å². The van der Waals surface area contributed by atoms with E-state index in [1.165, 1.54) is 49.9 Å². The van der Waals surface area contributed by atoms with Crippen molar-refractivity contribution in [3.63, 3.8) is 0 Å². The molecule has 21 heteroatoms. The van der Waals surface area contributed by atoms with E-state index in [1.807, 2.05) is 25.2 Å². The maximum Gasteiger partial charge on any atom is 0.345 e. The molecule has 18 nitrogen and oxygen atoms in total. The summed E-state index contributed by atoms with van der Waals surface area (Å²) in [5, 5.41) is 47.4. The van der Waals surface area contributed by atoms with E-state index in [2.05, 4.69) is 51.4 Å². The van der Waals surface area contributed by atoms with Crippen molar-refractivity contribution >= 4 is 34.9 Å². The third-order valence-electron chi connectivity index (χ3n) is 10.2. The smallest absolute Gasteiger partial charge is 0.345 e. The first-order valence-corrected chi connectivity index (χ1v) is 19.2. The average Bonchev–Trinajstić information content (AvgIpc) is 3.92. The Hall–Kier alpha value is -6.42. The number of nitrogens with one attached hydrogen (secondary N) is 6. The molecular formula is C40H46F3N11O7. The Morgan fingerprint density at radius 2 is 1.85 bits per heavy atom. The third-order valence-corrected chi connectivity index (χ3v) is 10.2. The molecular weight excluding hydrogens is 804 g/mol. The molecule has 7 rings (SSSR count). The Balaban J connectivity index is 1.11. The van der Waals surface area contributed by atoms with Crippen molar-refractivity contribution in [2.24, 2.45) is 0 Å². The molecule has 3 aromatic heterocycles. The number of likely N-dealkylation sites (N-methyl/N-ethyl adjacent to an activating group) is 1. The van der Waals surface area contributed by atoms with Gasteiger partial charge in [-0.05, 0) is 56.3 Å². The Kier molecular flexibility index (Phi) is 12.6. The lowest BCUT2D eigenvalue weighted by Crippen LogP contribution is -2.47. The predicted octanol–water partition coefficient (Wildman–Crippen LogP) is 3.83. The van der Waals surface area contributed by atoms with Gasteiger partial charge in [0, 0.05) is 37.7 Å². The van der Waals surface area contributed by atoms with Gasteiger partial charge in [-0.25, -0.2) is 23.6 Å². The SMILES string of the molecule is COc1n[nH]c2cc(NC(=O)N[C@@H]3CN(C)C[C@H]3c3cccc(-n4nc5c(c4OCCOC(F)F)CNC(NC(=O)N[C@@H](c4ccc(F)cc4)C(C)(C)O)=C5)c3)nc(CO)c12. The molecule has 0 spiro atoms. The summed E-state index contributed by atoms with van der Waals surface area (Å²) in [5.74, 6) is 0.369. The highest BCUT2D eigenvalue weighted by molar-refractivity contribution is 5.93. The Morgan fingerprint density at radius 3 is 2.57 bits per heavy atom. The van der Waals surface area contributed by atoms with Crippen LogP contribution in [0.2, 0.25) is 0 Å². The van der Waals surface area contributed by atoms with Crippen LogP contribution in [0.1, 0.15) is 53.9 Å². The first-order chi connectivity index (χ1) is 29.2. The highest BCUT2D eigenvalue weighted by Gasteiger charge is 2.35. The number of hydrogen-bond acceptors (Lipinski definition) is 12. The number of H-pyrrole nitrogens is 1. The number of benzene rings is 2. The second kappa shape index (κ2) is 18.1. The van der Waals surface area contributed by atoms with E-state index in [4.69, 9.17) is 14.6 Å². The second-order valence-corrected chi connectivity index (χ2v) is 15.1. The van der Waals surface area contributed by atoms with Crippen molar-refractivity contribution in [2.45, 2.75) is 57.2 Å². The Morgan fingerprint density at radius 1 is 1.07 bits per heavy atom. The molecule has 1 saturated heterocycles. The standard InChI is InChI=1S/C40H46F3N11O7/c1-40(2,58)34(21-8-10-23(41)11-9-21)49-39(57)47-31-15-27-25(17-44-31)36(60-12-13-61-37(42)43)54(52-27)24-7-5-6-22(14-24)26-18-53(3)19-29(26)46-38(56)48-32-16-28-33(30(20-55)45-32)35(59-4)51-50-28/h5-11,14-16,26,29,34,37,44,55,58H,12-13,17-20H2,1-4H3,(H,50,51)(H2,47,49,57)(H2,45,46,48,56)/t26-,29+,34-/m0/s1. The largest absolute Gasteiger partial charge is 0.479 e. The molecule has 8 N–H and O–H groups in total. The fraction of sp³-hybridized carbons (Fsp3) is 0.375. The van der Waals surface area contributed by atoms with E-state index in [0.717, 1.165) is 5.56 Å². The number of nitrogens with zero attached hydrogens (tertiary/aromatic N) is 5. The van der Waals surface area contributed by atoms with Crippen LogP contribution in [0.4, 0.5) is 28.6 Å². The van der Waals surface area contributed by atoms with Gasteiger partial charge < -0.3 is 45.3 Å². The lowest BCUT2D eigenvalue weighted by Gasteiger charge is -2.31. The van der Waals surface area contributed by atoms with Crippen LogP contribution in [-0.4, -0.2) is 111 Å². The van der Waals surface area contributed by atoms with Gasteiger partial charge in [0.05, 0.1) is 71.5 Å². The fourth-order valence-corrected chi connectivity index (χ4v) is 7.51. The number of halogens is 3. The predicted molar refractivity (Wildman–Crippen MR) is 215 cm³/mol. The molecule has 0 bridgehead atoms. The number of fused-ring (bicyclic) bond motifs is 2. The summed E-state index contributed by atoms with van der Waals surface area (Å²) >= 11 is 0. The lowest BCUT2D eigenvalue weighted by atomic mass is 9.92. The van der Waals surface area contributed by atoms with Crippen molar-refractivity contribution in [2.75, 3.05) is 45.8 Å². The summed E-state index contributed by atoms with van der Waals surface area (Å²) in [4.78, 5) is 33.1. The van der Waals surface area contributed by atoms with Gasteiger partial charge in [0.25, 0.3) is 0 Å². The highest BCUT2D eigenvalue weighted by atomic mass is 19.3. The van der Waals surface area contributed by atoms with Crippen LogP contribution in [0.15, 0.2) is 60.4 Å². The van der Waals surface area contributed by atoms with Gasteiger partial charge in [-0.3, -0.25) is 15.7 Å². The molecule has 0 unspecified atom stereocenters. The molecule has 5 heterocycles. The number of methoxy groups -OCH3 is 1. The van der Waals surface area contributed by atoms with Gasteiger partial charge in [0.15, 0.2) is 0 Å². The van der Waals surface area contributed by atoms with Crippen molar-refractivity contribution in [3.8, 4) is 17.4 Å². The van der Waals surface area contributed by atoms with E-state index in [0.29, 0.717) is 46.5 Å². The summed E-state index contributed by atoms with van der Waals surface area (Å²) in [6, 6.07) is 12.1. The summed E-state index contributed by atoms with van der Waals surface area (Å²) in [5.41, 5.74) is 2.33. The van der Waals surface area contributed by atoms with E-state index in [9.17, 15) is 33.0 Å². The number of rotatable bonds is 15. The number of anilines is 1. The molecule has 2 aliphatic rings. The van der Waals surface area contributed by atoms with Crippen LogP contribution in [0.3, 0.4) is 0 Å². The van der Waals surface area contributed by atoms with E-state index >= 15 is 0 Å². The number of carbonyl (C=O) groups is 2. The zero-order valence-electron chi connectivity index (χ0n) is 33.6. The van der Waals surface area contributed by atoms with E-state index in [1.54, 1.807) is 18.2 Å². The van der Waals surface area contributed by atoms with Crippen LogP contribution in [0, 0.1) is 5.82 Å². The number of alkyl halides is 2. The van der Waals surface area contributed by atoms with Gasteiger partial charge in [0.1, 0.15) is 24.1 Å². The van der Waals surface area contributed by atoms with Gasteiger partial charge in [-0.2, -0.15) is 13.9 Å². The normalized spacial score (nSPS) is 17.0. The molecule has 61 heavy (non-hydrogen) atoms. The minimum absolute atomic E-state index is 0.128. The number of amides is 4. The number of aliphatic hydroxyl groups excluding tert-OH is 1. The van der Waals surface area contributed by atoms with Crippen LogP contribution in [0.5, 0.6) is 11.8 Å². The number of carbonyl (C=O) groups excluding carboxylic acids is 2. The summed E-state index contributed by atoms with van der Waals surface area (Å²) in [7, 11) is 3.40. The second-order valence-electron chi connectivity index (χ2n) is 15.1. The molecule has 2 aromatic carbocycles. The van der Waals surface area contributed by atoms with E-state index < -0.39 is 49.3 Å². The van der Waals surface area contributed by atoms with Crippen LogP contribution < -0.4 is 36.1 Å². The number of urea groups is 2. The maximum atomic E-state index is 13.6. The first kappa shape index (κ1) is 42.7. The van der Waals surface area contributed by atoms with Gasteiger partial charge >= 0.3 is 18.7 Å². The number of hydrogen-bond donors (Lipinski definition) is 8. The molecule has 1 fully saturated rings. The fourth-order valence-electron chi connectivity index (χ4n) is 7.51. The summed E-state index contributed by atoms with van der Waals surface area (Å²) < 4.78 is 56.5. The minimum atomic E-state index is -2.98.